The van der Waals surface area contributed by atoms with Crippen molar-refractivity contribution in [3.8, 4) is 6.07 Å². The van der Waals surface area contributed by atoms with Gasteiger partial charge in [-0.15, -0.1) is 0 Å². The third-order valence-corrected chi connectivity index (χ3v) is 4.87. The monoisotopic (exact) mass is 265 g/mol. The fourth-order valence-corrected chi connectivity index (χ4v) is 3.02. The van der Waals surface area contributed by atoms with Gasteiger partial charge in [0, 0.05) is 6.54 Å². The van der Waals surface area contributed by atoms with Gasteiger partial charge in [0.05, 0.1) is 6.07 Å². The number of hydrogen-bond donors (Lipinski definition) is 1. The molecule has 0 amide bonds. The third kappa shape index (κ3) is 4.47. The van der Waals surface area contributed by atoms with E-state index in [1.165, 1.54) is 19.5 Å². The Labute approximate surface area is 119 Å². The van der Waals surface area contributed by atoms with Gasteiger partial charge in [0.2, 0.25) is 0 Å². The predicted octanol–water partition coefficient (Wildman–Crippen LogP) is 3.03. The van der Waals surface area contributed by atoms with E-state index in [1.807, 2.05) is 7.05 Å². The fourth-order valence-electron chi connectivity index (χ4n) is 3.02. The molecule has 1 rings (SSSR count). The lowest BCUT2D eigenvalue weighted by molar-refractivity contribution is 0.224. The Balaban J connectivity index is 2.34. The molecule has 0 aromatic carbocycles. The normalized spacial score (nSPS) is 24.1. The van der Waals surface area contributed by atoms with Gasteiger partial charge in [-0.3, -0.25) is 0 Å². The van der Waals surface area contributed by atoms with Crippen LogP contribution in [0.5, 0.6) is 0 Å². The third-order valence-electron chi connectivity index (χ3n) is 4.87. The van der Waals surface area contributed by atoms with Crippen LogP contribution in [0.1, 0.15) is 53.4 Å². The van der Waals surface area contributed by atoms with Gasteiger partial charge in [0.1, 0.15) is 5.54 Å². The van der Waals surface area contributed by atoms with E-state index < -0.39 is 0 Å². The molecular formula is C16H31N3. The summed E-state index contributed by atoms with van der Waals surface area (Å²) in [5.74, 6) is 0.823. The number of rotatable bonds is 6. The van der Waals surface area contributed by atoms with Crippen molar-refractivity contribution in [1.29, 1.82) is 5.26 Å². The van der Waals surface area contributed by atoms with E-state index in [0.29, 0.717) is 5.41 Å². The first kappa shape index (κ1) is 16.5. The van der Waals surface area contributed by atoms with Gasteiger partial charge in [0.15, 0.2) is 0 Å². The van der Waals surface area contributed by atoms with Crippen molar-refractivity contribution in [1.82, 2.24) is 10.2 Å². The summed E-state index contributed by atoms with van der Waals surface area (Å²) in [6.45, 7) is 12.7. The maximum absolute atomic E-state index is 9.29. The zero-order valence-corrected chi connectivity index (χ0v) is 13.4. The van der Waals surface area contributed by atoms with Crippen molar-refractivity contribution in [3.63, 3.8) is 0 Å². The maximum atomic E-state index is 9.29. The lowest BCUT2D eigenvalue weighted by Gasteiger charge is -2.28. The zero-order valence-electron chi connectivity index (χ0n) is 13.4. The summed E-state index contributed by atoms with van der Waals surface area (Å²) < 4.78 is 0. The average molecular weight is 265 g/mol. The van der Waals surface area contributed by atoms with Crippen LogP contribution < -0.4 is 5.32 Å². The van der Waals surface area contributed by atoms with Crippen LogP contribution in [0.25, 0.3) is 0 Å². The molecule has 1 aliphatic rings. The smallest absolute Gasteiger partial charge is 0.106 e. The lowest BCUT2D eigenvalue weighted by Crippen LogP contribution is -2.41. The Morgan fingerprint density at radius 2 is 2.05 bits per heavy atom. The molecule has 1 heterocycles. The zero-order chi connectivity index (χ0) is 14.5. The van der Waals surface area contributed by atoms with E-state index in [1.54, 1.807) is 0 Å². The molecule has 0 aromatic rings. The summed E-state index contributed by atoms with van der Waals surface area (Å²) in [5.41, 5.74) is 0.114. The highest BCUT2D eigenvalue weighted by molar-refractivity contribution is 5.05. The van der Waals surface area contributed by atoms with Crippen LogP contribution in [-0.2, 0) is 0 Å². The Morgan fingerprint density at radius 3 is 2.47 bits per heavy atom. The first-order valence-corrected chi connectivity index (χ1v) is 7.69. The molecule has 1 N–H and O–H groups in total. The van der Waals surface area contributed by atoms with Gasteiger partial charge < -0.3 is 10.2 Å². The maximum Gasteiger partial charge on any atom is 0.106 e. The molecule has 0 bridgehead atoms. The Hall–Kier alpha value is -0.590. The van der Waals surface area contributed by atoms with Crippen molar-refractivity contribution < 1.29 is 0 Å². The highest BCUT2D eigenvalue weighted by Gasteiger charge is 2.32. The van der Waals surface area contributed by atoms with E-state index in [2.05, 4.69) is 44.0 Å². The molecule has 19 heavy (non-hydrogen) atoms. The molecule has 0 spiro atoms. The van der Waals surface area contributed by atoms with Gasteiger partial charge in [-0.25, -0.2) is 0 Å². The number of hydrogen-bond acceptors (Lipinski definition) is 3. The summed E-state index contributed by atoms with van der Waals surface area (Å²) in [6, 6.07) is 2.44. The van der Waals surface area contributed by atoms with Crippen molar-refractivity contribution in [2.45, 2.75) is 58.9 Å². The van der Waals surface area contributed by atoms with E-state index in [4.69, 9.17) is 0 Å². The number of nitriles is 1. The molecular weight excluding hydrogens is 234 g/mol. The summed E-state index contributed by atoms with van der Waals surface area (Å²) in [7, 11) is 1.90. The molecule has 0 aliphatic carbocycles. The van der Waals surface area contributed by atoms with Crippen LogP contribution in [0.15, 0.2) is 0 Å². The predicted molar refractivity (Wildman–Crippen MR) is 80.9 cm³/mol. The molecule has 3 nitrogen and oxygen atoms in total. The molecule has 0 saturated carbocycles. The molecule has 110 valence electrons. The second kappa shape index (κ2) is 6.72. The van der Waals surface area contributed by atoms with Gasteiger partial charge >= 0.3 is 0 Å². The largest absolute Gasteiger partial charge is 0.303 e. The number of likely N-dealkylation sites (tertiary alicyclic amines) is 1. The topological polar surface area (TPSA) is 39.1 Å². The van der Waals surface area contributed by atoms with Crippen molar-refractivity contribution in [2.24, 2.45) is 11.3 Å². The summed E-state index contributed by atoms with van der Waals surface area (Å²) in [5, 5.41) is 12.5. The van der Waals surface area contributed by atoms with Gasteiger partial charge in [-0.1, -0.05) is 27.7 Å². The second-order valence-electron chi connectivity index (χ2n) is 7.05. The highest BCUT2D eigenvalue weighted by atomic mass is 15.1. The molecule has 3 heteroatoms. The van der Waals surface area contributed by atoms with Crippen molar-refractivity contribution >= 4 is 0 Å². The average Bonchev–Trinajstić information content (AvgIpc) is 2.84. The van der Waals surface area contributed by atoms with Crippen molar-refractivity contribution in [2.75, 3.05) is 26.7 Å². The minimum Gasteiger partial charge on any atom is -0.303 e. The van der Waals surface area contributed by atoms with E-state index in [9.17, 15) is 5.26 Å². The minimum atomic E-state index is -0.316. The first-order chi connectivity index (χ1) is 8.87. The van der Waals surface area contributed by atoms with Crippen LogP contribution in [0.2, 0.25) is 0 Å². The quantitative estimate of drug-likeness (QED) is 0.802. The van der Waals surface area contributed by atoms with Crippen LogP contribution in [0.3, 0.4) is 0 Å². The van der Waals surface area contributed by atoms with Crippen LogP contribution in [0, 0.1) is 22.7 Å². The molecule has 0 aromatic heterocycles. The molecule has 1 fully saturated rings. The lowest BCUT2D eigenvalue weighted by atomic mass is 9.80. The summed E-state index contributed by atoms with van der Waals surface area (Å²) in [4.78, 5) is 2.57. The van der Waals surface area contributed by atoms with E-state index in [0.717, 1.165) is 31.7 Å². The summed E-state index contributed by atoms with van der Waals surface area (Å²) >= 11 is 0. The highest BCUT2D eigenvalue weighted by Crippen LogP contribution is 2.33. The molecule has 2 unspecified atom stereocenters. The molecule has 1 saturated heterocycles. The van der Waals surface area contributed by atoms with E-state index >= 15 is 0 Å². The fraction of sp³-hybridized carbons (Fsp3) is 0.938. The molecule has 0 radical (unpaired) electrons. The standard InChI is InChI=1S/C16H31N3/c1-6-16(13-17,18-5)9-7-10-19-11-8-14(12-19)15(2,3)4/h14,18H,6-12H2,1-5H3. The van der Waals surface area contributed by atoms with Crippen LogP contribution >= 0.6 is 0 Å². The summed E-state index contributed by atoms with van der Waals surface area (Å²) in [6.07, 6.45) is 4.27. The molecule has 2 atom stereocenters. The second-order valence-corrected chi connectivity index (χ2v) is 7.05. The first-order valence-electron chi connectivity index (χ1n) is 7.69. The van der Waals surface area contributed by atoms with E-state index in [-0.39, 0.29) is 5.54 Å². The SMILES string of the molecule is CCC(C#N)(CCCN1CCC(C(C)(C)C)C1)NC. The van der Waals surface area contributed by atoms with Crippen LogP contribution in [-0.4, -0.2) is 37.1 Å². The van der Waals surface area contributed by atoms with Crippen molar-refractivity contribution in [3.05, 3.63) is 0 Å². The minimum absolute atomic E-state index is 0.316. The van der Waals surface area contributed by atoms with Gasteiger partial charge in [0.25, 0.3) is 0 Å². The Morgan fingerprint density at radius 1 is 1.37 bits per heavy atom. The molecule has 1 aliphatic heterocycles. The van der Waals surface area contributed by atoms with Gasteiger partial charge in [-0.2, -0.15) is 5.26 Å². The number of nitrogens with zero attached hydrogens (tertiary/aromatic N) is 2. The van der Waals surface area contributed by atoms with Gasteiger partial charge in [-0.05, 0) is 57.2 Å². The Kier molecular flexibility index (Phi) is 5.82. The number of nitrogens with one attached hydrogen (secondary N) is 1. The van der Waals surface area contributed by atoms with Crippen LogP contribution in [0.4, 0.5) is 0 Å². The Bertz CT molecular complexity index is 307.